The largest absolute Gasteiger partial charge is 0.496 e. The average Bonchev–Trinajstić information content (AvgIpc) is 2.47. The second kappa shape index (κ2) is 5.35. The lowest BCUT2D eigenvalue weighted by Gasteiger charge is -2.21. The van der Waals surface area contributed by atoms with Gasteiger partial charge in [-0.15, -0.1) is 0 Å². The van der Waals surface area contributed by atoms with E-state index in [4.69, 9.17) is 10.5 Å². The SMILES string of the molecule is NC(C1=CCCCO1)c1ccc2cc(Br)ccc2c1. The molecule has 3 rings (SSSR count). The van der Waals surface area contributed by atoms with Crippen LogP contribution in [0.2, 0.25) is 0 Å². The number of benzene rings is 2. The van der Waals surface area contributed by atoms with Gasteiger partial charge >= 0.3 is 0 Å². The van der Waals surface area contributed by atoms with Crippen LogP contribution in [-0.2, 0) is 4.74 Å². The summed E-state index contributed by atoms with van der Waals surface area (Å²) < 4.78 is 6.75. The molecule has 0 spiro atoms. The Morgan fingerprint density at radius 1 is 1.11 bits per heavy atom. The first-order valence-electron chi connectivity index (χ1n) is 6.52. The van der Waals surface area contributed by atoms with Gasteiger partial charge in [0.05, 0.1) is 12.6 Å². The molecule has 2 N–H and O–H groups in total. The highest BCUT2D eigenvalue weighted by atomic mass is 79.9. The lowest BCUT2D eigenvalue weighted by molar-refractivity contribution is 0.176. The third-order valence-corrected chi connectivity index (χ3v) is 3.95. The zero-order valence-electron chi connectivity index (χ0n) is 10.6. The maximum atomic E-state index is 6.29. The minimum atomic E-state index is -0.159. The normalized spacial score (nSPS) is 16.8. The van der Waals surface area contributed by atoms with E-state index in [0.29, 0.717) is 0 Å². The summed E-state index contributed by atoms with van der Waals surface area (Å²) >= 11 is 3.49. The second-order valence-electron chi connectivity index (χ2n) is 4.83. The van der Waals surface area contributed by atoms with E-state index < -0.39 is 0 Å². The van der Waals surface area contributed by atoms with Crippen LogP contribution >= 0.6 is 15.9 Å². The molecule has 0 aliphatic carbocycles. The van der Waals surface area contributed by atoms with E-state index >= 15 is 0 Å². The summed E-state index contributed by atoms with van der Waals surface area (Å²) in [6, 6.07) is 12.4. The Morgan fingerprint density at radius 3 is 2.68 bits per heavy atom. The number of hydrogen-bond acceptors (Lipinski definition) is 2. The number of halogens is 1. The highest BCUT2D eigenvalue weighted by molar-refractivity contribution is 9.10. The maximum absolute atomic E-state index is 6.29. The predicted octanol–water partition coefficient (Wildman–Crippen LogP) is 4.30. The molecule has 3 heteroatoms. The molecule has 1 aliphatic heterocycles. The van der Waals surface area contributed by atoms with Crippen molar-refractivity contribution in [1.29, 1.82) is 0 Å². The van der Waals surface area contributed by atoms with Crippen LogP contribution < -0.4 is 5.73 Å². The summed E-state index contributed by atoms with van der Waals surface area (Å²) in [5, 5.41) is 2.41. The van der Waals surface area contributed by atoms with Crippen molar-refractivity contribution in [1.82, 2.24) is 0 Å². The number of hydrogen-bond donors (Lipinski definition) is 1. The second-order valence-corrected chi connectivity index (χ2v) is 5.74. The van der Waals surface area contributed by atoms with Gasteiger partial charge < -0.3 is 10.5 Å². The van der Waals surface area contributed by atoms with Crippen LogP contribution in [0.15, 0.2) is 52.7 Å². The van der Waals surface area contributed by atoms with Crippen LogP contribution in [0.3, 0.4) is 0 Å². The van der Waals surface area contributed by atoms with Gasteiger partial charge in [-0.3, -0.25) is 0 Å². The number of ether oxygens (including phenoxy) is 1. The lowest BCUT2D eigenvalue weighted by atomic mass is 10.00. The molecule has 1 heterocycles. The van der Waals surface area contributed by atoms with Crippen molar-refractivity contribution in [3.8, 4) is 0 Å². The maximum Gasteiger partial charge on any atom is 0.113 e. The van der Waals surface area contributed by atoms with Gasteiger partial charge in [0.2, 0.25) is 0 Å². The fourth-order valence-corrected chi connectivity index (χ4v) is 2.76. The molecule has 0 radical (unpaired) electrons. The van der Waals surface area contributed by atoms with Gasteiger partial charge in [-0.2, -0.15) is 0 Å². The molecule has 1 unspecified atom stereocenters. The first kappa shape index (κ1) is 12.7. The number of fused-ring (bicyclic) bond motifs is 1. The van der Waals surface area contributed by atoms with E-state index in [1.165, 1.54) is 10.8 Å². The molecule has 0 saturated carbocycles. The molecule has 1 aliphatic rings. The molecule has 19 heavy (non-hydrogen) atoms. The zero-order chi connectivity index (χ0) is 13.2. The topological polar surface area (TPSA) is 35.2 Å². The van der Waals surface area contributed by atoms with Crippen LogP contribution in [0, 0.1) is 0 Å². The molecule has 0 aromatic heterocycles. The van der Waals surface area contributed by atoms with Crippen LogP contribution in [0.5, 0.6) is 0 Å². The van der Waals surface area contributed by atoms with Crippen molar-refractivity contribution in [2.75, 3.05) is 6.61 Å². The van der Waals surface area contributed by atoms with Gasteiger partial charge in [0.25, 0.3) is 0 Å². The van der Waals surface area contributed by atoms with Crippen molar-refractivity contribution < 1.29 is 4.74 Å². The Morgan fingerprint density at radius 2 is 1.89 bits per heavy atom. The Bertz CT molecular complexity index is 636. The summed E-state index contributed by atoms with van der Waals surface area (Å²) in [6.07, 6.45) is 4.26. The Labute approximate surface area is 121 Å². The summed E-state index contributed by atoms with van der Waals surface area (Å²) in [6.45, 7) is 0.778. The Balaban J connectivity index is 1.96. The van der Waals surface area contributed by atoms with Crippen molar-refractivity contribution in [2.24, 2.45) is 5.73 Å². The molecular formula is C16H16BrNO. The Hall–Kier alpha value is -1.32. The fourth-order valence-electron chi connectivity index (χ4n) is 2.39. The van der Waals surface area contributed by atoms with Gasteiger partial charge in [0.1, 0.15) is 5.76 Å². The van der Waals surface area contributed by atoms with Crippen molar-refractivity contribution >= 4 is 26.7 Å². The summed E-state index contributed by atoms with van der Waals surface area (Å²) in [7, 11) is 0. The number of rotatable bonds is 2. The smallest absolute Gasteiger partial charge is 0.113 e. The fraction of sp³-hybridized carbons (Fsp3) is 0.250. The quantitative estimate of drug-likeness (QED) is 0.896. The van der Waals surface area contributed by atoms with Gasteiger partial charge in [-0.05, 0) is 53.5 Å². The third kappa shape index (κ3) is 2.67. The summed E-state index contributed by atoms with van der Waals surface area (Å²) in [4.78, 5) is 0. The zero-order valence-corrected chi connectivity index (χ0v) is 12.2. The van der Waals surface area contributed by atoms with Crippen LogP contribution in [0.25, 0.3) is 10.8 Å². The molecule has 2 aromatic rings. The molecule has 2 nitrogen and oxygen atoms in total. The monoisotopic (exact) mass is 317 g/mol. The van der Waals surface area contributed by atoms with E-state index in [0.717, 1.165) is 35.2 Å². The molecule has 98 valence electrons. The van der Waals surface area contributed by atoms with Gasteiger partial charge in [-0.1, -0.05) is 34.1 Å². The van der Waals surface area contributed by atoms with Crippen molar-refractivity contribution in [3.63, 3.8) is 0 Å². The van der Waals surface area contributed by atoms with Gasteiger partial charge in [-0.25, -0.2) is 0 Å². The van der Waals surface area contributed by atoms with Gasteiger partial charge in [0, 0.05) is 4.47 Å². The molecule has 1 atom stereocenters. The average molecular weight is 318 g/mol. The highest BCUT2D eigenvalue weighted by Crippen LogP contribution is 2.27. The number of nitrogens with two attached hydrogens (primary N) is 1. The molecule has 0 fully saturated rings. The molecule has 0 bridgehead atoms. The van der Waals surface area contributed by atoms with E-state index in [1.54, 1.807) is 0 Å². The summed E-state index contributed by atoms with van der Waals surface area (Å²) in [5.74, 6) is 0.905. The Kier molecular flexibility index (Phi) is 3.58. The van der Waals surface area contributed by atoms with E-state index in [1.807, 2.05) is 6.07 Å². The van der Waals surface area contributed by atoms with Crippen molar-refractivity contribution in [2.45, 2.75) is 18.9 Å². The minimum absolute atomic E-state index is 0.159. The van der Waals surface area contributed by atoms with Crippen LogP contribution in [0.4, 0.5) is 0 Å². The van der Waals surface area contributed by atoms with E-state index in [-0.39, 0.29) is 6.04 Å². The molecular weight excluding hydrogens is 302 g/mol. The lowest BCUT2D eigenvalue weighted by Crippen LogP contribution is -2.17. The first-order chi connectivity index (χ1) is 9.24. The third-order valence-electron chi connectivity index (χ3n) is 3.45. The number of allylic oxidation sites excluding steroid dienone is 1. The molecule has 0 saturated heterocycles. The summed E-state index contributed by atoms with van der Waals surface area (Å²) in [5.41, 5.74) is 7.39. The highest BCUT2D eigenvalue weighted by Gasteiger charge is 2.15. The van der Waals surface area contributed by atoms with E-state index in [9.17, 15) is 0 Å². The van der Waals surface area contributed by atoms with Crippen LogP contribution in [0.1, 0.15) is 24.4 Å². The van der Waals surface area contributed by atoms with Crippen LogP contribution in [-0.4, -0.2) is 6.61 Å². The van der Waals surface area contributed by atoms with Crippen molar-refractivity contribution in [3.05, 3.63) is 58.3 Å². The molecule has 0 amide bonds. The minimum Gasteiger partial charge on any atom is -0.496 e. The predicted molar refractivity (Wildman–Crippen MR) is 81.8 cm³/mol. The van der Waals surface area contributed by atoms with E-state index in [2.05, 4.69) is 52.3 Å². The standard InChI is InChI=1S/C16H16BrNO/c17-14-7-6-11-9-13(5-4-12(11)10-14)16(18)15-3-1-2-8-19-15/h3-7,9-10,16H,1-2,8,18H2. The molecule has 2 aromatic carbocycles. The van der Waals surface area contributed by atoms with Gasteiger partial charge in [0.15, 0.2) is 0 Å². The first-order valence-corrected chi connectivity index (χ1v) is 7.31.